The first-order chi connectivity index (χ1) is 4.31. The van der Waals surface area contributed by atoms with Crippen molar-refractivity contribution in [2.45, 2.75) is 6.92 Å². The normalized spacial score (nSPS) is 8.67. The van der Waals surface area contributed by atoms with Crippen molar-refractivity contribution in [2.24, 2.45) is 0 Å². The molecular formula is C5H8ClO3. The van der Waals surface area contributed by atoms with Crippen LogP contribution in [0.1, 0.15) is 6.92 Å². The van der Waals surface area contributed by atoms with Gasteiger partial charge < -0.3 is 9.47 Å². The number of carbonyl (C=O) groups excluding carboxylic acids is 1. The fraction of sp³-hybridized carbons (Fsp3) is 0.600. The van der Waals surface area contributed by atoms with Crippen LogP contribution in [0, 0.1) is 6.61 Å². The molecule has 0 saturated heterocycles. The van der Waals surface area contributed by atoms with E-state index in [1.165, 1.54) is 6.61 Å². The maximum atomic E-state index is 10.3. The number of halogens is 1. The number of hydrogen-bond acceptors (Lipinski definition) is 3. The fourth-order valence-corrected chi connectivity index (χ4v) is 0.329. The molecule has 0 aliphatic heterocycles. The summed E-state index contributed by atoms with van der Waals surface area (Å²) in [5.74, 6) is 0.290. The molecule has 0 fully saturated rings. The first-order valence-corrected chi connectivity index (χ1v) is 3.02. The molecule has 0 rings (SSSR count). The standard InChI is InChI=1S/C5H8ClO3/c1-2-8-5(7)9-4-3-6/h2H,3-4H2,1H3. The maximum Gasteiger partial charge on any atom is 0.508 e. The van der Waals surface area contributed by atoms with Crippen LogP contribution in [0.2, 0.25) is 0 Å². The zero-order chi connectivity index (χ0) is 7.11. The van der Waals surface area contributed by atoms with Crippen LogP contribution in [0.15, 0.2) is 0 Å². The van der Waals surface area contributed by atoms with Gasteiger partial charge in [-0.3, -0.25) is 0 Å². The van der Waals surface area contributed by atoms with E-state index in [4.69, 9.17) is 11.6 Å². The van der Waals surface area contributed by atoms with Gasteiger partial charge in [0, 0.05) is 0 Å². The molecule has 0 heterocycles. The van der Waals surface area contributed by atoms with Crippen LogP contribution >= 0.6 is 11.6 Å². The Labute approximate surface area is 58.9 Å². The summed E-state index contributed by atoms with van der Waals surface area (Å²) >= 11 is 5.20. The molecular weight excluding hydrogens is 144 g/mol. The molecule has 1 radical (unpaired) electrons. The van der Waals surface area contributed by atoms with Crippen LogP contribution < -0.4 is 0 Å². The van der Waals surface area contributed by atoms with Crippen LogP contribution in [-0.4, -0.2) is 18.6 Å². The Bertz CT molecular complexity index is 84.3. The van der Waals surface area contributed by atoms with Crippen LogP contribution in [-0.2, 0) is 9.47 Å². The van der Waals surface area contributed by atoms with Gasteiger partial charge >= 0.3 is 6.16 Å². The first kappa shape index (κ1) is 8.56. The highest BCUT2D eigenvalue weighted by Crippen LogP contribution is 1.87. The number of alkyl halides is 1. The summed E-state index contributed by atoms with van der Waals surface area (Å²) in [6.45, 7) is 3.02. The summed E-state index contributed by atoms with van der Waals surface area (Å²) in [5.41, 5.74) is 0. The van der Waals surface area contributed by atoms with E-state index in [0.29, 0.717) is 5.88 Å². The third-order valence-electron chi connectivity index (χ3n) is 0.511. The highest BCUT2D eigenvalue weighted by atomic mass is 35.5. The van der Waals surface area contributed by atoms with E-state index in [0.717, 1.165) is 0 Å². The largest absolute Gasteiger partial charge is 0.508 e. The summed E-state index contributed by atoms with van der Waals surface area (Å²) < 4.78 is 8.71. The van der Waals surface area contributed by atoms with Crippen molar-refractivity contribution in [2.75, 3.05) is 12.5 Å². The summed E-state index contributed by atoms with van der Waals surface area (Å²) in [6.07, 6.45) is -0.710. The number of rotatable bonds is 3. The Kier molecular flexibility index (Phi) is 5.41. The van der Waals surface area contributed by atoms with E-state index in [9.17, 15) is 4.79 Å². The Balaban J connectivity index is 3.06. The van der Waals surface area contributed by atoms with Crippen molar-refractivity contribution in [3.05, 3.63) is 6.61 Å². The second kappa shape index (κ2) is 5.69. The molecule has 9 heavy (non-hydrogen) atoms. The van der Waals surface area contributed by atoms with Crippen molar-refractivity contribution in [3.63, 3.8) is 0 Å². The molecule has 0 bridgehead atoms. The van der Waals surface area contributed by atoms with Gasteiger partial charge in [-0.25, -0.2) is 4.79 Å². The van der Waals surface area contributed by atoms with Gasteiger partial charge in [0.15, 0.2) is 0 Å². The molecule has 0 spiro atoms. The third-order valence-corrected chi connectivity index (χ3v) is 0.665. The van der Waals surface area contributed by atoms with E-state index >= 15 is 0 Å². The minimum Gasteiger partial charge on any atom is -0.433 e. The van der Waals surface area contributed by atoms with Gasteiger partial charge in [0.25, 0.3) is 0 Å². The lowest BCUT2D eigenvalue weighted by Crippen LogP contribution is -2.06. The second-order valence-corrected chi connectivity index (χ2v) is 1.52. The Morgan fingerprint density at radius 1 is 1.78 bits per heavy atom. The number of carbonyl (C=O) groups is 1. The average Bonchev–Trinajstić information content (AvgIpc) is 1.85. The highest BCUT2D eigenvalue weighted by molar-refractivity contribution is 6.18. The van der Waals surface area contributed by atoms with Crippen molar-refractivity contribution in [3.8, 4) is 0 Å². The first-order valence-electron chi connectivity index (χ1n) is 2.48. The summed E-state index contributed by atoms with van der Waals surface area (Å²) in [7, 11) is 0. The van der Waals surface area contributed by atoms with E-state index < -0.39 is 6.16 Å². The molecule has 0 saturated carbocycles. The lowest BCUT2D eigenvalue weighted by atomic mass is 10.8. The van der Waals surface area contributed by atoms with Gasteiger partial charge in [-0.05, 0) is 6.92 Å². The molecule has 0 aromatic heterocycles. The summed E-state index contributed by atoms with van der Waals surface area (Å²) in [4.78, 5) is 10.3. The lowest BCUT2D eigenvalue weighted by molar-refractivity contribution is 0.0798. The Morgan fingerprint density at radius 3 is 2.89 bits per heavy atom. The molecule has 0 aliphatic carbocycles. The topological polar surface area (TPSA) is 35.5 Å². The lowest BCUT2D eigenvalue weighted by Gasteiger charge is -1.99. The summed E-state index contributed by atoms with van der Waals surface area (Å²) in [5, 5.41) is 0. The molecule has 0 amide bonds. The monoisotopic (exact) mass is 151 g/mol. The fourth-order valence-electron chi connectivity index (χ4n) is 0.252. The molecule has 0 unspecified atom stereocenters. The minimum atomic E-state index is -0.710. The molecule has 0 aliphatic rings. The molecule has 3 nitrogen and oxygen atoms in total. The van der Waals surface area contributed by atoms with Crippen molar-refractivity contribution >= 4 is 17.8 Å². The SMILES string of the molecule is C[CH]OC(=O)OCCCl. The molecule has 4 heteroatoms. The van der Waals surface area contributed by atoms with Crippen molar-refractivity contribution < 1.29 is 14.3 Å². The van der Waals surface area contributed by atoms with Crippen LogP contribution in [0.4, 0.5) is 4.79 Å². The molecule has 53 valence electrons. The van der Waals surface area contributed by atoms with Crippen molar-refractivity contribution in [1.29, 1.82) is 0 Å². The van der Waals surface area contributed by atoms with Gasteiger partial charge in [0.05, 0.1) is 5.88 Å². The molecule has 0 N–H and O–H groups in total. The Morgan fingerprint density at radius 2 is 2.44 bits per heavy atom. The van der Waals surface area contributed by atoms with Crippen LogP contribution in [0.25, 0.3) is 0 Å². The Hall–Kier alpha value is -0.440. The zero-order valence-corrected chi connectivity index (χ0v) is 5.85. The molecule has 0 aromatic carbocycles. The van der Waals surface area contributed by atoms with Gasteiger partial charge in [-0.15, -0.1) is 11.6 Å². The van der Waals surface area contributed by atoms with E-state index in [2.05, 4.69) is 9.47 Å². The minimum absolute atomic E-state index is 0.189. The number of hydrogen-bond donors (Lipinski definition) is 0. The molecule has 0 atom stereocenters. The third kappa shape index (κ3) is 5.43. The number of ether oxygens (including phenoxy) is 2. The zero-order valence-electron chi connectivity index (χ0n) is 5.09. The van der Waals surface area contributed by atoms with E-state index in [1.54, 1.807) is 6.92 Å². The summed E-state index contributed by atoms with van der Waals surface area (Å²) in [6, 6.07) is 0. The van der Waals surface area contributed by atoms with Gasteiger partial charge in [0.1, 0.15) is 13.2 Å². The molecule has 0 aromatic rings. The van der Waals surface area contributed by atoms with Crippen LogP contribution in [0.5, 0.6) is 0 Å². The van der Waals surface area contributed by atoms with Crippen LogP contribution in [0.3, 0.4) is 0 Å². The second-order valence-electron chi connectivity index (χ2n) is 1.14. The predicted octanol–water partition coefficient (Wildman–Crippen LogP) is 1.56. The van der Waals surface area contributed by atoms with Crippen molar-refractivity contribution in [1.82, 2.24) is 0 Å². The predicted molar refractivity (Wildman–Crippen MR) is 33.1 cm³/mol. The highest BCUT2D eigenvalue weighted by Gasteiger charge is 1.98. The van der Waals surface area contributed by atoms with E-state index in [-0.39, 0.29) is 6.61 Å². The van der Waals surface area contributed by atoms with E-state index in [1.807, 2.05) is 0 Å². The van der Waals surface area contributed by atoms with Gasteiger partial charge in [-0.2, -0.15) is 0 Å². The van der Waals surface area contributed by atoms with Gasteiger partial charge in [0.2, 0.25) is 0 Å². The quantitative estimate of drug-likeness (QED) is 0.454. The maximum absolute atomic E-state index is 10.3. The average molecular weight is 152 g/mol. The smallest absolute Gasteiger partial charge is 0.433 e. The van der Waals surface area contributed by atoms with Gasteiger partial charge in [-0.1, -0.05) is 0 Å².